The minimum absolute atomic E-state index is 0.327. The van der Waals surface area contributed by atoms with Gasteiger partial charge in [-0.3, -0.25) is 0 Å². The fourth-order valence-corrected chi connectivity index (χ4v) is 3.74. The van der Waals surface area contributed by atoms with E-state index in [-0.39, 0.29) is 0 Å². The number of aliphatic hydroxyl groups excluding tert-OH is 1. The van der Waals surface area contributed by atoms with Gasteiger partial charge in [-0.15, -0.1) is 0 Å². The molecular formula is C19H22N2O4. The second kappa shape index (κ2) is 6.54. The Bertz CT molecular complexity index is 905. The normalized spacial score (nSPS) is 16.7. The number of furan rings is 1. The molecule has 0 amide bonds. The second-order valence-electron chi connectivity index (χ2n) is 6.60. The van der Waals surface area contributed by atoms with Gasteiger partial charge >= 0.3 is 5.97 Å². The molecular weight excluding hydrogens is 320 g/mol. The summed E-state index contributed by atoms with van der Waals surface area (Å²) in [7, 11) is 1.36. The summed E-state index contributed by atoms with van der Waals surface area (Å²) in [5.41, 5.74) is 2.64. The molecule has 6 heteroatoms. The predicted octanol–water partition coefficient (Wildman–Crippen LogP) is 2.63. The first kappa shape index (κ1) is 16.2. The van der Waals surface area contributed by atoms with Gasteiger partial charge in [-0.05, 0) is 38.1 Å². The van der Waals surface area contributed by atoms with Crippen LogP contribution in [0.15, 0.2) is 34.7 Å². The number of para-hydroxylation sites is 1. The number of likely N-dealkylation sites (tertiary alicyclic amines) is 1. The highest BCUT2D eigenvalue weighted by molar-refractivity contribution is 6.06. The molecule has 0 spiro atoms. The summed E-state index contributed by atoms with van der Waals surface area (Å²) in [5, 5.41) is 11.5. The van der Waals surface area contributed by atoms with Crippen LogP contribution in [0.1, 0.15) is 23.3 Å². The zero-order valence-corrected chi connectivity index (χ0v) is 14.3. The number of aromatic nitrogens is 1. The molecule has 1 aliphatic rings. The van der Waals surface area contributed by atoms with Crippen molar-refractivity contribution in [3.05, 3.63) is 36.0 Å². The van der Waals surface area contributed by atoms with Crippen LogP contribution >= 0.6 is 0 Å². The lowest BCUT2D eigenvalue weighted by atomic mass is 10.2. The van der Waals surface area contributed by atoms with Gasteiger partial charge in [0.05, 0.1) is 25.3 Å². The Morgan fingerprint density at radius 1 is 1.24 bits per heavy atom. The molecule has 4 rings (SSSR count). The third-order valence-electron chi connectivity index (χ3n) is 4.88. The molecule has 1 fully saturated rings. The number of carbonyl (C=O) groups is 1. The van der Waals surface area contributed by atoms with Gasteiger partial charge in [0.15, 0.2) is 5.58 Å². The average Bonchev–Trinajstić information content (AvgIpc) is 3.30. The fourth-order valence-electron chi connectivity index (χ4n) is 3.74. The molecule has 1 aliphatic heterocycles. The summed E-state index contributed by atoms with van der Waals surface area (Å²) >= 11 is 0. The summed E-state index contributed by atoms with van der Waals surface area (Å²) in [6, 6.07) is 9.42. The van der Waals surface area contributed by atoms with Crippen LogP contribution in [-0.2, 0) is 11.3 Å². The van der Waals surface area contributed by atoms with Crippen LogP contribution < -0.4 is 0 Å². The zero-order chi connectivity index (χ0) is 17.4. The lowest BCUT2D eigenvalue weighted by molar-refractivity contribution is 0.0581. The maximum atomic E-state index is 12.2. The number of fused-ring (bicyclic) bond motifs is 3. The highest BCUT2D eigenvalue weighted by Gasteiger charge is 2.24. The van der Waals surface area contributed by atoms with E-state index in [2.05, 4.69) is 4.90 Å². The summed E-state index contributed by atoms with van der Waals surface area (Å²) in [6.45, 7) is 2.98. The molecule has 1 saturated heterocycles. The van der Waals surface area contributed by atoms with Gasteiger partial charge in [-0.1, -0.05) is 12.1 Å². The van der Waals surface area contributed by atoms with E-state index in [4.69, 9.17) is 9.15 Å². The standard InChI is InChI=1S/C19H22N2O4/c1-24-19(23)15-10-17-18(14-6-2-3-7-16(14)25-17)21(15)12-13(22)11-20-8-4-5-9-20/h2-3,6-7,10,13,22H,4-5,8-9,11-12H2,1H3. The summed E-state index contributed by atoms with van der Waals surface area (Å²) in [4.78, 5) is 14.4. The molecule has 6 nitrogen and oxygen atoms in total. The molecule has 0 saturated carbocycles. The van der Waals surface area contributed by atoms with Crippen LogP contribution in [0.3, 0.4) is 0 Å². The third kappa shape index (κ3) is 2.92. The van der Waals surface area contributed by atoms with E-state index < -0.39 is 12.1 Å². The molecule has 1 aromatic carbocycles. The van der Waals surface area contributed by atoms with Crippen LogP contribution in [0.2, 0.25) is 0 Å². The Balaban J connectivity index is 1.74. The van der Waals surface area contributed by atoms with Gasteiger partial charge in [-0.2, -0.15) is 0 Å². The average molecular weight is 342 g/mol. The van der Waals surface area contributed by atoms with Crippen molar-refractivity contribution in [2.45, 2.75) is 25.5 Å². The number of hydrogen-bond acceptors (Lipinski definition) is 5. The van der Waals surface area contributed by atoms with Gasteiger partial charge in [0, 0.05) is 18.0 Å². The van der Waals surface area contributed by atoms with E-state index in [0.29, 0.717) is 24.4 Å². The largest absolute Gasteiger partial charge is 0.464 e. The number of esters is 1. The Morgan fingerprint density at radius 2 is 2.00 bits per heavy atom. The number of carbonyl (C=O) groups excluding carboxylic acids is 1. The van der Waals surface area contributed by atoms with Crippen molar-refractivity contribution in [1.82, 2.24) is 9.47 Å². The number of methoxy groups -OCH3 is 1. The molecule has 2 aromatic heterocycles. The molecule has 1 unspecified atom stereocenters. The molecule has 0 bridgehead atoms. The maximum Gasteiger partial charge on any atom is 0.354 e. The number of aliphatic hydroxyl groups is 1. The van der Waals surface area contributed by atoms with Crippen LogP contribution in [0.5, 0.6) is 0 Å². The van der Waals surface area contributed by atoms with Gasteiger partial charge in [0.25, 0.3) is 0 Å². The molecule has 25 heavy (non-hydrogen) atoms. The zero-order valence-electron chi connectivity index (χ0n) is 14.3. The Hall–Kier alpha value is -2.31. The van der Waals surface area contributed by atoms with Gasteiger partial charge in [0.2, 0.25) is 0 Å². The van der Waals surface area contributed by atoms with Crippen molar-refractivity contribution in [3.63, 3.8) is 0 Å². The molecule has 1 atom stereocenters. The van der Waals surface area contributed by atoms with E-state index in [0.717, 1.165) is 29.6 Å². The monoisotopic (exact) mass is 342 g/mol. The second-order valence-corrected chi connectivity index (χ2v) is 6.60. The van der Waals surface area contributed by atoms with E-state index in [1.165, 1.54) is 20.0 Å². The maximum absolute atomic E-state index is 12.2. The number of nitrogens with zero attached hydrogens (tertiary/aromatic N) is 2. The molecule has 0 aliphatic carbocycles. The minimum atomic E-state index is -0.564. The summed E-state index contributed by atoms with van der Waals surface area (Å²) < 4.78 is 12.6. The van der Waals surface area contributed by atoms with E-state index in [1.807, 2.05) is 28.8 Å². The van der Waals surface area contributed by atoms with Gasteiger partial charge in [0.1, 0.15) is 11.3 Å². The molecule has 3 aromatic rings. The first-order valence-electron chi connectivity index (χ1n) is 8.67. The van der Waals surface area contributed by atoms with Gasteiger partial charge < -0.3 is 23.7 Å². The van der Waals surface area contributed by atoms with Gasteiger partial charge in [-0.25, -0.2) is 4.79 Å². The first-order chi connectivity index (χ1) is 12.2. The molecule has 1 N–H and O–H groups in total. The number of ether oxygens (including phenoxy) is 1. The Morgan fingerprint density at radius 3 is 2.76 bits per heavy atom. The van der Waals surface area contributed by atoms with Crippen LogP contribution in [0, 0.1) is 0 Å². The summed E-state index contributed by atoms with van der Waals surface area (Å²) in [6.07, 6.45) is 1.80. The number of β-amino-alcohol motifs (C(OH)–C–C–N with tert-alkyl or cyclic N) is 1. The van der Waals surface area contributed by atoms with E-state index in [1.54, 1.807) is 6.07 Å². The van der Waals surface area contributed by atoms with Crippen molar-refractivity contribution in [1.29, 1.82) is 0 Å². The molecule has 0 radical (unpaired) electrons. The third-order valence-corrected chi connectivity index (χ3v) is 4.88. The number of hydrogen-bond donors (Lipinski definition) is 1. The minimum Gasteiger partial charge on any atom is -0.464 e. The van der Waals surface area contributed by atoms with Crippen molar-refractivity contribution < 1.29 is 19.1 Å². The predicted molar refractivity (Wildman–Crippen MR) is 94.7 cm³/mol. The van der Waals surface area contributed by atoms with Crippen molar-refractivity contribution in [2.24, 2.45) is 0 Å². The Labute approximate surface area is 145 Å². The lowest BCUT2D eigenvalue weighted by Crippen LogP contribution is -2.33. The van der Waals surface area contributed by atoms with Crippen molar-refractivity contribution in [3.8, 4) is 0 Å². The van der Waals surface area contributed by atoms with E-state index in [9.17, 15) is 9.90 Å². The highest BCUT2D eigenvalue weighted by Crippen LogP contribution is 2.32. The quantitative estimate of drug-likeness (QED) is 0.722. The van der Waals surface area contributed by atoms with E-state index >= 15 is 0 Å². The highest BCUT2D eigenvalue weighted by atomic mass is 16.5. The molecule has 132 valence electrons. The molecule has 3 heterocycles. The lowest BCUT2D eigenvalue weighted by Gasteiger charge is -2.20. The number of rotatable bonds is 5. The van der Waals surface area contributed by atoms with Crippen molar-refractivity contribution >= 4 is 28.0 Å². The van der Waals surface area contributed by atoms with Crippen molar-refractivity contribution in [2.75, 3.05) is 26.7 Å². The van der Waals surface area contributed by atoms with Crippen LogP contribution in [0.4, 0.5) is 0 Å². The topological polar surface area (TPSA) is 67.8 Å². The smallest absolute Gasteiger partial charge is 0.354 e. The first-order valence-corrected chi connectivity index (χ1v) is 8.67. The fraction of sp³-hybridized carbons (Fsp3) is 0.421. The Kier molecular flexibility index (Phi) is 4.23. The van der Waals surface area contributed by atoms with Crippen LogP contribution in [0.25, 0.3) is 22.1 Å². The SMILES string of the molecule is COC(=O)c1cc2oc3ccccc3c2n1CC(O)CN1CCCC1. The summed E-state index contributed by atoms with van der Waals surface area (Å²) in [5.74, 6) is -0.427. The number of benzene rings is 1. The van der Waals surface area contributed by atoms with Crippen LogP contribution in [-0.4, -0.2) is 53.4 Å².